The van der Waals surface area contributed by atoms with Crippen LogP contribution in [0.15, 0.2) is 0 Å². The summed E-state index contributed by atoms with van der Waals surface area (Å²) in [4.78, 5) is 36.1. The maximum absolute atomic E-state index is 9.10. The van der Waals surface area contributed by atoms with E-state index in [-0.39, 0.29) is 0 Å². The van der Waals surface area contributed by atoms with Crippen LogP contribution in [0.4, 0.5) is 0 Å². The van der Waals surface area contributed by atoms with Crippen LogP contribution >= 0.6 is 0 Å². The van der Waals surface area contributed by atoms with Crippen molar-refractivity contribution in [1.82, 2.24) is 0 Å². The molecule has 0 bridgehead atoms. The molecule has 0 aliphatic rings. The van der Waals surface area contributed by atoms with E-state index >= 15 is 0 Å². The van der Waals surface area contributed by atoms with Gasteiger partial charge in [0.2, 0.25) is 0 Å². The summed E-state index contributed by atoms with van der Waals surface area (Å²) in [5.74, 6) is -8.02. The van der Waals surface area contributed by atoms with Crippen LogP contribution in [0.3, 0.4) is 0 Å². The van der Waals surface area contributed by atoms with Crippen LogP contribution in [0.2, 0.25) is 0 Å². The third-order valence-corrected chi connectivity index (χ3v) is 0.350. The van der Waals surface area contributed by atoms with Gasteiger partial charge in [0.25, 0.3) is 0 Å². The molecule has 0 amide bonds. The second-order valence-electron chi connectivity index (χ2n) is 1.19. The lowest BCUT2D eigenvalue weighted by Gasteiger charge is -1.97. The normalized spacial score (nSPS) is 7.33. The molecule has 0 aromatic carbocycles. The van der Waals surface area contributed by atoms with Crippen LogP contribution in [-0.4, -0.2) is 34.1 Å². The van der Waals surface area contributed by atoms with Crippen molar-refractivity contribution in [3.05, 3.63) is 0 Å². The number of carboxylic acid groups (broad SMARTS) is 4. The third-order valence-electron chi connectivity index (χ3n) is 0.350. The minimum atomic E-state index is -2.19. The van der Waals surface area contributed by atoms with Crippen molar-refractivity contribution in [2.75, 3.05) is 0 Å². The zero-order chi connectivity index (χ0) is 10.3. The topological polar surface area (TPSA) is 155 Å². The van der Waals surface area contributed by atoms with Crippen molar-refractivity contribution in [2.24, 2.45) is 0 Å². The van der Waals surface area contributed by atoms with Gasteiger partial charge in [-0.25, -0.2) is 9.59 Å². The fraction of sp³-hybridized carbons (Fsp3) is 0. The van der Waals surface area contributed by atoms with Gasteiger partial charge in [-0.1, -0.05) is 0 Å². The number of carbonyl (C=O) groups is 4. The second kappa shape index (κ2) is 5.65. The maximum Gasteiger partial charge on any atom is 0.414 e. The van der Waals surface area contributed by atoms with Gasteiger partial charge in [0.05, 0.1) is 11.9 Å². The molecule has 0 radical (unpaired) electrons. The lowest BCUT2D eigenvalue weighted by molar-refractivity contribution is -0.345. The van der Waals surface area contributed by atoms with Gasteiger partial charge in [0.1, 0.15) is 0 Å². The molecule has 68 valence electrons. The first-order valence-electron chi connectivity index (χ1n) is 2.17. The molecule has 2 N–H and O–H groups in total. The van der Waals surface area contributed by atoms with E-state index in [1.165, 1.54) is 0 Å². The molecule has 0 unspecified atom stereocenters. The molecule has 0 atom stereocenters. The summed E-state index contributed by atoms with van der Waals surface area (Å²) in [5.41, 5.74) is 0. The van der Waals surface area contributed by atoms with Crippen molar-refractivity contribution in [3.8, 4) is 0 Å². The van der Waals surface area contributed by atoms with Crippen molar-refractivity contribution >= 4 is 23.9 Å². The van der Waals surface area contributed by atoms with Crippen LogP contribution in [0.5, 0.6) is 0 Å². The molecule has 0 aromatic heterocycles. The Morgan fingerprint density at radius 3 is 0.917 bits per heavy atom. The average Bonchev–Trinajstić information content (AvgIpc) is 1.88. The number of hydrogen-bond acceptors (Lipinski definition) is 6. The Morgan fingerprint density at radius 1 is 0.750 bits per heavy atom. The lowest BCUT2D eigenvalue weighted by atomic mass is 10.7. The Bertz CT molecular complexity index is 167. The minimum Gasteiger partial charge on any atom is -0.543 e. The molecule has 0 spiro atoms. The van der Waals surface area contributed by atoms with Gasteiger partial charge in [-0.3, -0.25) is 0 Å². The van der Waals surface area contributed by atoms with Crippen LogP contribution in [0.25, 0.3) is 0 Å². The first-order chi connectivity index (χ1) is 5.29. The minimum absolute atomic E-state index is 1.82. The summed E-state index contributed by atoms with van der Waals surface area (Å²) in [7, 11) is 0. The van der Waals surface area contributed by atoms with Crippen molar-refractivity contribution < 1.29 is 39.6 Å². The number of carboxylic acids is 4. The van der Waals surface area contributed by atoms with Crippen LogP contribution in [0.1, 0.15) is 0 Å². The van der Waals surface area contributed by atoms with Gasteiger partial charge in [-0.2, -0.15) is 0 Å². The summed E-state index contributed by atoms with van der Waals surface area (Å²) in [6.07, 6.45) is 0. The zero-order valence-corrected chi connectivity index (χ0v) is 5.34. The monoisotopic (exact) mass is 178 g/mol. The molecule has 0 aliphatic carbocycles. The Balaban J connectivity index is 0. The van der Waals surface area contributed by atoms with Crippen molar-refractivity contribution in [2.45, 2.75) is 0 Å². The van der Waals surface area contributed by atoms with Crippen molar-refractivity contribution in [1.29, 1.82) is 0 Å². The van der Waals surface area contributed by atoms with E-state index in [1.807, 2.05) is 0 Å². The fourth-order valence-electron chi connectivity index (χ4n) is 0. The lowest BCUT2D eigenvalue weighted by Crippen LogP contribution is -2.42. The van der Waals surface area contributed by atoms with E-state index in [2.05, 4.69) is 0 Å². The van der Waals surface area contributed by atoms with E-state index in [0.717, 1.165) is 0 Å². The van der Waals surface area contributed by atoms with E-state index in [9.17, 15) is 0 Å². The molecule has 12 heavy (non-hydrogen) atoms. The van der Waals surface area contributed by atoms with Gasteiger partial charge in [0, 0.05) is 0 Å². The SMILES string of the molecule is O=C(O)C(=O)O.O=C([O-])C(=O)[O-]. The fourth-order valence-corrected chi connectivity index (χ4v) is 0. The molecule has 8 nitrogen and oxygen atoms in total. The van der Waals surface area contributed by atoms with Crippen LogP contribution < -0.4 is 10.2 Å². The molecule has 8 heteroatoms. The molecule has 0 saturated heterocycles. The highest BCUT2D eigenvalue weighted by atomic mass is 16.4. The zero-order valence-electron chi connectivity index (χ0n) is 5.34. The number of rotatable bonds is 0. The first kappa shape index (κ1) is 12.5. The van der Waals surface area contributed by atoms with E-state index in [4.69, 9.17) is 39.6 Å². The molecule has 0 heterocycles. The van der Waals surface area contributed by atoms with Crippen LogP contribution in [-0.2, 0) is 19.2 Å². The quantitative estimate of drug-likeness (QED) is 0.352. The Labute approximate surface area is 64.7 Å². The molecule has 0 rings (SSSR count). The molecule has 0 aliphatic heterocycles. The van der Waals surface area contributed by atoms with Gasteiger partial charge in [-0.15, -0.1) is 0 Å². The van der Waals surface area contributed by atoms with Gasteiger partial charge in [-0.05, 0) is 0 Å². The maximum atomic E-state index is 9.10. The number of carbonyl (C=O) groups excluding carboxylic acids is 2. The predicted octanol–water partition coefficient (Wildman–Crippen LogP) is -4.36. The summed E-state index contributed by atoms with van der Waals surface area (Å²) >= 11 is 0. The summed E-state index contributed by atoms with van der Waals surface area (Å²) < 4.78 is 0. The summed E-state index contributed by atoms with van der Waals surface area (Å²) in [5, 5.41) is 32.6. The Kier molecular flexibility index (Phi) is 5.91. The van der Waals surface area contributed by atoms with E-state index in [1.54, 1.807) is 0 Å². The largest absolute Gasteiger partial charge is 0.543 e. The van der Waals surface area contributed by atoms with E-state index in [0.29, 0.717) is 0 Å². The predicted molar refractivity (Wildman–Crippen MR) is 25.3 cm³/mol. The van der Waals surface area contributed by atoms with E-state index < -0.39 is 23.9 Å². The summed E-state index contributed by atoms with van der Waals surface area (Å²) in [6, 6.07) is 0. The number of aliphatic carboxylic acids is 4. The van der Waals surface area contributed by atoms with Gasteiger partial charge >= 0.3 is 11.9 Å². The van der Waals surface area contributed by atoms with Crippen molar-refractivity contribution in [3.63, 3.8) is 0 Å². The van der Waals surface area contributed by atoms with Gasteiger partial charge in [0.15, 0.2) is 0 Å². The standard InChI is InChI=1S/2C2H2O4/c2*3-1(4)2(5)6/h2*(H,3,4)(H,5,6)/p-2. The Hall–Kier alpha value is -2.12. The molecule has 0 fully saturated rings. The molecular weight excluding hydrogens is 176 g/mol. The van der Waals surface area contributed by atoms with Gasteiger partial charge < -0.3 is 30.0 Å². The first-order valence-corrected chi connectivity index (χ1v) is 2.17. The van der Waals surface area contributed by atoms with Crippen LogP contribution in [0, 0.1) is 0 Å². The summed E-state index contributed by atoms with van der Waals surface area (Å²) in [6.45, 7) is 0. The third kappa shape index (κ3) is 10.8. The number of hydrogen-bond donors (Lipinski definition) is 2. The highest BCUT2D eigenvalue weighted by Crippen LogP contribution is 1.56. The highest BCUT2D eigenvalue weighted by Gasteiger charge is 2.04. The molecule has 0 aromatic rings. The average molecular weight is 178 g/mol. The Morgan fingerprint density at radius 2 is 0.917 bits per heavy atom. The molecular formula is C4H2O8-2. The molecule has 0 saturated carbocycles. The second-order valence-corrected chi connectivity index (χ2v) is 1.19. The smallest absolute Gasteiger partial charge is 0.414 e. The highest BCUT2D eigenvalue weighted by molar-refractivity contribution is 6.27.